The van der Waals surface area contributed by atoms with Crippen LogP contribution in [0.4, 0.5) is 0 Å². The molecule has 0 spiro atoms. The average Bonchev–Trinajstić information content (AvgIpc) is 2.15. The highest BCUT2D eigenvalue weighted by Gasteiger charge is 2.31. The Morgan fingerprint density at radius 1 is 1.35 bits per heavy atom. The van der Waals surface area contributed by atoms with E-state index >= 15 is 0 Å². The van der Waals surface area contributed by atoms with E-state index in [0.29, 0.717) is 13.2 Å². The second-order valence-corrected chi connectivity index (χ2v) is 5.10. The van der Waals surface area contributed by atoms with E-state index in [1.807, 2.05) is 13.8 Å². The number of aliphatic carboxylic acids is 1. The van der Waals surface area contributed by atoms with Crippen LogP contribution in [-0.2, 0) is 14.3 Å². The lowest BCUT2D eigenvalue weighted by Gasteiger charge is -2.23. The predicted molar refractivity (Wildman–Crippen MR) is 64.8 cm³/mol. The van der Waals surface area contributed by atoms with Crippen LogP contribution in [0.25, 0.3) is 0 Å². The molecule has 0 atom stereocenters. The molecular formula is C12H23NO4. The van der Waals surface area contributed by atoms with Gasteiger partial charge in [0, 0.05) is 20.0 Å². The number of hydrogen-bond acceptors (Lipinski definition) is 3. The van der Waals surface area contributed by atoms with Crippen molar-refractivity contribution in [1.82, 2.24) is 4.90 Å². The molecule has 0 aromatic heterocycles. The molecule has 0 saturated heterocycles. The lowest BCUT2D eigenvalue weighted by Crippen LogP contribution is -2.36. The number of carbonyl (C=O) groups is 2. The summed E-state index contributed by atoms with van der Waals surface area (Å²) < 4.78 is 5.33. The molecule has 0 aromatic rings. The van der Waals surface area contributed by atoms with Gasteiger partial charge < -0.3 is 14.7 Å². The molecule has 0 fully saturated rings. The summed E-state index contributed by atoms with van der Waals surface area (Å²) in [6, 6.07) is 0. The van der Waals surface area contributed by atoms with Gasteiger partial charge in [0.15, 0.2) is 0 Å². The Morgan fingerprint density at radius 2 is 1.88 bits per heavy atom. The van der Waals surface area contributed by atoms with Crippen LogP contribution in [0, 0.1) is 5.41 Å². The van der Waals surface area contributed by atoms with Gasteiger partial charge in [0.05, 0.1) is 18.1 Å². The number of nitrogens with zero attached hydrogens (tertiary/aromatic N) is 1. The molecule has 0 rings (SSSR count). The van der Waals surface area contributed by atoms with Crippen molar-refractivity contribution in [3.8, 4) is 0 Å². The van der Waals surface area contributed by atoms with E-state index in [2.05, 4.69) is 0 Å². The van der Waals surface area contributed by atoms with Crippen molar-refractivity contribution in [2.45, 2.75) is 40.2 Å². The Balaban J connectivity index is 4.10. The number of amides is 1. The summed E-state index contributed by atoms with van der Waals surface area (Å²) in [4.78, 5) is 24.1. The van der Waals surface area contributed by atoms with Crippen LogP contribution >= 0.6 is 0 Å². The molecule has 1 amide bonds. The van der Waals surface area contributed by atoms with Crippen molar-refractivity contribution in [1.29, 1.82) is 0 Å². The van der Waals surface area contributed by atoms with Gasteiger partial charge in [-0.05, 0) is 27.7 Å². The second kappa shape index (κ2) is 6.59. The predicted octanol–water partition coefficient (Wildman–Crippen LogP) is 1.37. The third kappa shape index (κ3) is 6.26. The highest BCUT2D eigenvalue weighted by Crippen LogP contribution is 2.21. The zero-order chi connectivity index (χ0) is 13.6. The number of likely N-dealkylation sites (N-methyl/N-ethyl adjacent to an activating group) is 1. The van der Waals surface area contributed by atoms with Gasteiger partial charge in [0.2, 0.25) is 5.91 Å². The number of hydrogen-bond donors (Lipinski definition) is 1. The molecule has 0 unspecified atom stereocenters. The van der Waals surface area contributed by atoms with Crippen molar-refractivity contribution in [3.63, 3.8) is 0 Å². The first-order valence-corrected chi connectivity index (χ1v) is 5.76. The maximum Gasteiger partial charge on any atom is 0.309 e. The lowest BCUT2D eigenvalue weighted by atomic mass is 9.89. The monoisotopic (exact) mass is 245 g/mol. The summed E-state index contributed by atoms with van der Waals surface area (Å²) in [6.45, 7) is 7.89. The van der Waals surface area contributed by atoms with Crippen LogP contribution < -0.4 is 0 Å². The van der Waals surface area contributed by atoms with E-state index in [1.54, 1.807) is 20.9 Å². The fourth-order valence-electron chi connectivity index (χ4n) is 1.14. The Morgan fingerprint density at radius 3 is 2.29 bits per heavy atom. The molecule has 0 saturated carbocycles. The minimum Gasteiger partial charge on any atom is -0.481 e. The summed E-state index contributed by atoms with van der Waals surface area (Å²) >= 11 is 0. The van der Waals surface area contributed by atoms with Gasteiger partial charge in [-0.3, -0.25) is 9.59 Å². The molecule has 0 bridgehead atoms. The molecule has 0 aliphatic rings. The number of ether oxygens (including phenoxy) is 1. The first-order valence-electron chi connectivity index (χ1n) is 5.76. The maximum atomic E-state index is 11.7. The van der Waals surface area contributed by atoms with Crippen molar-refractivity contribution in [3.05, 3.63) is 0 Å². The highest BCUT2D eigenvalue weighted by molar-refractivity contribution is 5.84. The maximum absolute atomic E-state index is 11.7. The molecular weight excluding hydrogens is 222 g/mol. The molecule has 5 heteroatoms. The minimum atomic E-state index is -1.02. The number of carboxylic acids is 1. The smallest absolute Gasteiger partial charge is 0.309 e. The van der Waals surface area contributed by atoms with Crippen molar-refractivity contribution in [2.24, 2.45) is 5.41 Å². The Bertz CT molecular complexity index is 274. The van der Waals surface area contributed by atoms with Gasteiger partial charge in [-0.25, -0.2) is 0 Å². The minimum absolute atomic E-state index is 0.000508. The summed E-state index contributed by atoms with van der Waals surface area (Å²) in [5.74, 6) is -1.14. The van der Waals surface area contributed by atoms with E-state index in [-0.39, 0.29) is 18.4 Å². The molecule has 17 heavy (non-hydrogen) atoms. The topological polar surface area (TPSA) is 66.8 Å². The van der Waals surface area contributed by atoms with E-state index in [9.17, 15) is 9.59 Å². The average molecular weight is 245 g/mol. The summed E-state index contributed by atoms with van der Waals surface area (Å²) in [5, 5.41) is 8.93. The van der Waals surface area contributed by atoms with Crippen LogP contribution in [0.5, 0.6) is 0 Å². The van der Waals surface area contributed by atoms with Gasteiger partial charge in [0.1, 0.15) is 0 Å². The van der Waals surface area contributed by atoms with E-state index in [4.69, 9.17) is 9.84 Å². The number of carbonyl (C=O) groups excluding carboxylic acids is 1. The fraction of sp³-hybridized carbons (Fsp3) is 0.833. The molecule has 0 aliphatic carbocycles. The molecule has 0 radical (unpaired) electrons. The first-order chi connectivity index (χ1) is 7.66. The molecule has 0 aliphatic heterocycles. The molecule has 5 nitrogen and oxygen atoms in total. The van der Waals surface area contributed by atoms with Gasteiger partial charge in [-0.1, -0.05) is 0 Å². The Labute approximate surface area is 103 Å². The summed E-state index contributed by atoms with van der Waals surface area (Å²) in [6.07, 6.45) is 0.134. The third-order valence-electron chi connectivity index (χ3n) is 2.48. The molecule has 1 N–H and O–H groups in total. The molecule has 0 aromatic carbocycles. The van der Waals surface area contributed by atoms with Crippen LogP contribution in [0.15, 0.2) is 0 Å². The normalized spacial score (nSPS) is 11.6. The van der Waals surface area contributed by atoms with Crippen LogP contribution in [-0.4, -0.2) is 48.2 Å². The second-order valence-electron chi connectivity index (χ2n) is 5.10. The molecule has 100 valence electrons. The van der Waals surface area contributed by atoms with Crippen LogP contribution in [0.2, 0.25) is 0 Å². The zero-order valence-corrected chi connectivity index (χ0v) is 11.3. The fourth-order valence-corrected chi connectivity index (χ4v) is 1.14. The SMILES string of the molecule is CC(C)OCCN(C)C(=O)CC(C)(C)C(=O)O. The van der Waals surface area contributed by atoms with Crippen molar-refractivity contribution in [2.75, 3.05) is 20.2 Å². The standard InChI is InChI=1S/C12H23NO4/c1-9(2)17-7-6-13(5)10(14)8-12(3,4)11(15)16/h9H,6-8H2,1-5H3,(H,15,16). The van der Waals surface area contributed by atoms with E-state index < -0.39 is 11.4 Å². The van der Waals surface area contributed by atoms with Crippen molar-refractivity contribution >= 4 is 11.9 Å². The first kappa shape index (κ1) is 15.9. The van der Waals surface area contributed by atoms with Crippen LogP contribution in [0.3, 0.4) is 0 Å². The number of rotatable bonds is 7. The Hall–Kier alpha value is -1.10. The third-order valence-corrected chi connectivity index (χ3v) is 2.48. The largest absolute Gasteiger partial charge is 0.481 e. The van der Waals surface area contributed by atoms with Crippen LogP contribution in [0.1, 0.15) is 34.1 Å². The molecule has 0 heterocycles. The highest BCUT2D eigenvalue weighted by atomic mass is 16.5. The van der Waals surface area contributed by atoms with Gasteiger partial charge in [-0.15, -0.1) is 0 Å². The lowest BCUT2D eigenvalue weighted by molar-refractivity contribution is -0.151. The number of carboxylic acid groups (broad SMARTS) is 1. The summed E-state index contributed by atoms with van der Waals surface area (Å²) in [7, 11) is 1.66. The van der Waals surface area contributed by atoms with E-state index in [1.165, 1.54) is 4.90 Å². The van der Waals surface area contributed by atoms with Crippen molar-refractivity contribution < 1.29 is 19.4 Å². The summed E-state index contributed by atoms with van der Waals surface area (Å²) in [5.41, 5.74) is -1.02. The van der Waals surface area contributed by atoms with Gasteiger partial charge in [0.25, 0.3) is 0 Å². The van der Waals surface area contributed by atoms with Gasteiger partial charge >= 0.3 is 5.97 Å². The zero-order valence-electron chi connectivity index (χ0n) is 11.3. The Kier molecular flexibility index (Phi) is 6.16. The van der Waals surface area contributed by atoms with E-state index in [0.717, 1.165) is 0 Å². The van der Waals surface area contributed by atoms with Gasteiger partial charge in [-0.2, -0.15) is 0 Å². The quantitative estimate of drug-likeness (QED) is 0.735.